The van der Waals surface area contributed by atoms with E-state index in [0.29, 0.717) is 3.57 Å². The number of carbonyl (C=O) groups excluding carboxylic acids is 2. The van der Waals surface area contributed by atoms with E-state index in [1.165, 1.54) is 6.07 Å². The molecule has 68 valence electrons. The van der Waals surface area contributed by atoms with E-state index in [2.05, 4.69) is 0 Å². The number of hydrogen-bond acceptors (Lipinski definition) is 2. The first-order chi connectivity index (χ1) is 6.04. The molecule has 1 aromatic carbocycles. The molecule has 0 saturated carbocycles. The number of hydrogen-bond donors (Lipinski definition) is 2. The van der Waals surface area contributed by atoms with Crippen LogP contribution >= 0.6 is 22.6 Å². The van der Waals surface area contributed by atoms with E-state index < -0.39 is 11.8 Å². The minimum absolute atomic E-state index is 0.166. The smallest absolute Gasteiger partial charge is 0.250 e. The highest BCUT2D eigenvalue weighted by atomic mass is 127. The average molecular weight is 290 g/mol. The second kappa shape index (κ2) is 3.73. The Hall–Kier alpha value is -1.11. The van der Waals surface area contributed by atoms with E-state index in [9.17, 15) is 9.59 Å². The van der Waals surface area contributed by atoms with Crippen LogP contribution in [0.2, 0.25) is 0 Å². The zero-order valence-corrected chi connectivity index (χ0v) is 8.74. The molecule has 1 aromatic rings. The van der Waals surface area contributed by atoms with Crippen molar-refractivity contribution in [2.75, 3.05) is 0 Å². The van der Waals surface area contributed by atoms with Crippen LogP contribution in [0, 0.1) is 3.57 Å². The van der Waals surface area contributed by atoms with Gasteiger partial charge in [0.05, 0.1) is 11.1 Å². The van der Waals surface area contributed by atoms with Crippen molar-refractivity contribution in [3.05, 3.63) is 32.9 Å². The topological polar surface area (TPSA) is 86.2 Å². The van der Waals surface area contributed by atoms with Crippen molar-refractivity contribution in [3.63, 3.8) is 0 Å². The summed E-state index contributed by atoms with van der Waals surface area (Å²) in [6, 6.07) is 4.81. The zero-order valence-electron chi connectivity index (χ0n) is 6.58. The molecule has 0 aliphatic carbocycles. The largest absolute Gasteiger partial charge is 0.366 e. The summed E-state index contributed by atoms with van der Waals surface area (Å²) >= 11 is 1.93. The predicted molar refractivity (Wildman–Crippen MR) is 56.2 cm³/mol. The van der Waals surface area contributed by atoms with Crippen molar-refractivity contribution in [3.8, 4) is 0 Å². The highest BCUT2D eigenvalue weighted by Gasteiger charge is 2.15. The van der Waals surface area contributed by atoms with Gasteiger partial charge in [-0.15, -0.1) is 0 Å². The van der Waals surface area contributed by atoms with E-state index in [1.807, 2.05) is 22.6 Å². The minimum Gasteiger partial charge on any atom is -0.366 e. The van der Waals surface area contributed by atoms with Crippen molar-refractivity contribution in [2.24, 2.45) is 11.5 Å². The number of halogens is 1. The average Bonchev–Trinajstić information content (AvgIpc) is 2.02. The van der Waals surface area contributed by atoms with Crippen LogP contribution in [-0.4, -0.2) is 11.8 Å². The van der Waals surface area contributed by atoms with Crippen LogP contribution in [0.4, 0.5) is 0 Å². The molecule has 0 atom stereocenters. The zero-order chi connectivity index (χ0) is 10.0. The lowest BCUT2D eigenvalue weighted by atomic mass is 10.1. The third-order valence-corrected chi connectivity index (χ3v) is 2.42. The van der Waals surface area contributed by atoms with Crippen LogP contribution in [0.25, 0.3) is 0 Å². The van der Waals surface area contributed by atoms with Gasteiger partial charge in [0, 0.05) is 3.57 Å². The molecule has 5 heteroatoms. The van der Waals surface area contributed by atoms with Crippen LogP contribution in [0.1, 0.15) is 20.7 Å². The number of primary amides is 2. The van der Waals surface area contributed by atoms with Crippen molar-refractivity contribution >= 4 is 34.4 Å². The van der Waals surface area contributed by atoms with Crippen LogP contribution in [0.3, 0.4) is 0 Å². The molecule has 13 heavy (non-hydrogen) atoms. The fraction of sp³-hybridized carbons (Fsp3) is 0. The van der Waals surface area contributed by atoms with Crippen LogP contribution in [-0.2, 0) is 0 Å². The summed E-state index contributed by atoms with van der Waals surface area (Å²) in [5.41, 5.74) is 10.5. The molecule has 0 aromatic heterocycles. The summed E-state index contributed by atoms with van der Waals surface area (Å²) in [4.78, 5) is 21.8. The molecule has 2 amide bonds. The van der Waals surface area contributed by atoms with Gasteiger partial charge in [0.25, 0.3) is 5.91 Å². The van der Waals surface area contributed by atoms with Gasteiger partial charge in [-0.25, -0.2) is 0 Å². The molecular formula is C8H7IN2O2. The maximum absolute atomic E-state index is 11.0. The minimum atomic E-state index is -0.646. The lowest BCUT2D eigenvalue weighted by Crippen LogP contribution is -2.21. The van der Waals surface area contributed by atoms with Crippen LogP contribution < -0.4 is 11.5 Å². The Morgan fingerprint density at radius 2 is 1.77 bits per heavy atom. The molecule has 0 radical (unpaired) electrons. The van der Waals surface area contributed by atoms with Gasteiger partial charge in [-0.1, -0.05) is 6.07 Å². The number of amides is 2. The molecule has 1 rings (SSSR count). The van der Waals surface area contributed by atoms with E-state index in [-0.39, 0.29) is 11.1 Å². The Morgan fingerprint density at radius 1 is 1.15 bits per heavy atom. The number of benzene rings is 1. The maximum atomic E-state index is 11.0. The van der Waals surface area contributed by atoms with Gasteiger partial charge < -0.3 is 11.5 Å². The predicted octanol–water partition coefficient (Wildman–Crippen LogP) is 0.489. The number of rotatable bonds is 2. The van der Waals surface area contributed by atoms with Crippen molar-refractivity contribution in [1.29, 1.82) is 0 Å². The third kappa shape index (κ3) is 1.97. The molecule has 4 N–H and O–H groups in total. The monoisotopic (exact) mass is 290 g/mol. The van der Waals surface area contributed by atoms with Gasteiger partial charge in [0.1, 0.15) is 0 Å². The molecule has 0 bridgehead atoms. The van der Waals surface area contributed by atoms with Crippen molar-refractivity contribution < 1.29 is 9.59 Å². The summed E-state index contributed by atoms with van der Waals surface area (Å²) in [6.45, 7) is 0. The maximum Gasteiger partial charge on any atom is 0.250 e. The first kappa shape index (κ1) is 9.97. The fourth-order valence-corrected chi connectivity index (χ4v) is 1.74. The lowest BCUT2D eigenvalue weighted by molar-refractivity contribution is 0.0966. The van der Waals surface area contributed by atoms with E-state index in [0.717, 1.165) is 0 Å². The summed E-state index contributed by atoms with van der Waals surface area (Å²) in [5.74, 6) is -1.29. The molecule has 0 saturated heterocycles. The summed E-state index contributed by atoms with van der Waals surface area (Å²) < 4.78 is 0.626. The van der Waals surface area contributed by atoms with E-state index in [4.69, 9.17) is 11.5 Å². The molecule has 0 unspecified atom stereocenters. The first-order valence-electron chi connectivity index (χ1n) is 3.42. The standard InChI is InChI=1S/C8H7IN2O2/c9-5-3-1-2-4(7(10)12)6(5)8(11)13/h1-3H,(H2,10,12)(H2,11,13). The normalized spacial score (nSPS) is 9.62. The highest BCUT2D eigenvalue weighted by molar-refractivity contribution is 14.1. The second-order valence-corrected chi connectivity index (χ2v) is 3.55. The quantitative estimate of drug-likeness (QED) is 0.777. The third-order valence-electron chi connectivity index (χ3n) is 1.53. The second-order valence-electron chi connectivity index (χ2n) is 2.39. The van der Waals surface area contributed by atoms with Crippen LogP contribution in [0.15, 0.2) is 18.2 Å². The van der Waals surface area contributed by atoms with Crippen molar-refractivity contribution in [2.45, 2.75) is 0 Å². The Labute approximate surface area is 88.4 Å². The SMILES string of the molecule is NC(=O)c1cccc(I)c1C(N)=O. The lowest BCUT2D eigenvalue weighted by Gasteiger charge is -2.04. The van der Waals surface area contributed by atoms with Gasteiger partial charge in [-0.3, -0.25) is 9.59 Å². The first-order valence-corrected chi connectivity index (χ1v) is 4.50. The van der Waals surface area contributed by atoms with Gasteiger partial charge in [-0.2, -0.15) is 0 Å². The summed E-state index contributed by atoms with van der Waals surface area (Å²) in [5, 5.41) is 0. The Kier molecular flexibility index (Phi) is 2.86. The van der Waals surface area contributed by atoms with Crippen molar-refractivity contribution in [1.82, 2.24) is 0 Å². The molecule has 0 aliphatic rings. The summed E-state index contributed by atoms with van der Waals surface area (Å²) in [7, 11) is 0. The molecule has 0 aliphatic heterocycles. The molecule has 0 heterocycles. The van der Waals surface area contributed by atoms with Gasteiger partial charge in [0.2, 0.25) is 5.91 Å². The van der Waals surface area contributed by atoms with E-state index >= 15 is 0 Å². The highest BCUT2D eigenvalue weighted by Crippen LogP contribution is 2.15. The van der Waals surface area contributed by atoms with Gasteiger partial charge >= 0.3 is 0 Å². The Balaban J connectivity index is 3.43. The Bertz CT molecular complexity index is 376. The molecule has 0 fully saturated rings. The van der Waals surface area contributed by atoms with Gasteiger partial charge in [-0.05, 0) is 34.7 Å². The molecule has 0 spiro atoms. The Morgan fingerprint density at radius 3 is 2.15 bits per heavy atom. The fourth-order valence-electron chi connectivity index (χ4n) is 0.980. The van der Waals surface area contributed by atoms with E-state index in [1.54, 1.807) is 12.1 Å². The van der Waals surface area contributed by atoms with Gasteiger partial charge in [0.15, 0.2) is 0 Å². The molecular weight excluding hydrogens is 283 g/mol. The number of carbonyl (C=O) groups is 2. The number of nitrogens with two attached hydrogens (primary N) is 2. The summed E-state index contributed by atoms with van der Waals surface area (Å²) in [6.07, 6.45) is 0. The van der Waals surface area contributed by atoms with Crippen LogP contribution in [0.5, 0.6) is 0 Å². The molecule has 4 nitrogen and oxygen atoms in total.